The maximum absolute atomic E-state index is 10.7. The first-order valence-corrected chi connectivity index (χ1v) is 6.66. The van der Waals surface area contributed by atoms with Gasteiger partial charge in [-0.05, 0) is 23.8 Å². The molecule has 0 spiro atoms. The van der Waals surface area contributed by atoms with Gasteiger partial charge in [0.25, 0.3) is 10.1 Å². The van der Waals surface area contributed by atoms with E-state index < -0.39 is 41.6 Å². The molecule has 8 nitrogen and oxygen atoms in total. The van der Waals surface area contributed by atoms with Crippen molar-refractivity contribution < 1.29 is 35.8 Å². The first-order valence-electron chi connectivity index (χ1n) is 3.81. The van der Waals surface area contributed by atoms with E-state index in [0.29, 0.717) is 18.2 Å². The summed E-state index contributed by atoms with van der Waals surface area (Å²) in [5, 5.41) is 10.5. The summed E-state index contributed by atoms with van der Waals surface area (Å²) < 4.78 is 62.0. The standard InChI is InChI=1S/C7H6O8S2.Ca/c8-7(9)4-1-5(16(10,11)12)3-6(2-4)17(13,14)15;/h1-3H,(H,8,9)(H,10,11,12)(H,13,14,15);/q;+2/p-2. The van der Waals surface area contributed by atoms with E-state index in [1.807, 2.05) is 0 Å². The van der Waals surface area contributed by atoms with Gasteiger partial charge in [-0.15, -0.1) is 0 Å². The molecule has 1 aromatic rings. The van der Waals surface area contributed by atoms with Gasteiger partial charge in [-0.1, -0.05) is 0 Å². The molecule has 94 valence electrons. The van der Waals surface area contributed by atoms with Gasteiger partial charge in [0.05, 0.1) is 15.8 Å². The third-order valence-electron chi connectivity index (χ3n) is 1.70. The molecule has 0 fully saturated rings. The summed E-state index contributed by atoms with van der Waals surface area (Å²) >= 11 is 0. The first kappa shape index (κ1) is 17.8. The van der Waals surface area contributed by atoms with Crippen LogP contribution in [0.15, 0.2) is 28.0 Å². The van der Waals surface area contributed by atoms with Crippen LogP contribution in [0.5, 0.6) is 0 Å². The fraction of sp³-hybridized carbons (Fsp3) is 0. The fourth-order valence-corrected chi connectivity index (χ4v) is 2.15. The van der Waals surface area contributed by atoms with E-state index in [-0.39, 0.29) is 37.7 Å². The van der Waals surface area contributed by atoms with E-state index >= 15 is 0 Å². The normalized spacial score (nSPS) is 11.7. The minimum Gasteiger partial charge on any atom is -0.744 e. The Morgan fingerprint density at radius 3 is 1.83 bits per heavy atom. The Morgan fingerprint density at radius 1 is 1.06 bits per heavy atom. The van der Waals surface area contributed by atoms with Crippen molar-refractivity contribution in [3.63, 3.8) is 0 Å². The van der Waals surface area contributed by atoms with Gasteiger partial charge in [0.2, 0.25) is 0 Å². The molecule has 0 radical (unpaired) electrons. The van der Waals surface area contributed by atoms with Crippen LogP contribution in [0.25, 0.3) is 0 Å². The second kappa shape index (κ2) is 5.82. The zero-order valence-corrected chi connectivity index (χ0v) is 12.4. The number of carbonyl (C=O) groups is 1. The van der Waals surface area contributed by atoms with Gasteiger partial charge in [0, 0.05) is 0 Å². The van der Waals surface area contributed by atoms with Crippen molar-refractivity contribution in [1.82, 2.24) is 0 Å². The third kappa shape index (κ3) is 4.46. The zero-order valence-electron chi connectivity index (χ0n) is 8.56. The molecule has 0 aliphatic heterocycles. The Hall–Kier alpha value is -0.230. The molecular formula is C7H4CaO8S2. The Morgan fingerprint density at radius 2 is 1.50 bits per heavy atom. The van der Waals surface area contributed by atoms with Gasteiger partial charge in [0.1, 0.15) is 10.1 Å². The molecule has 0 amide bonds. The Kier molecular flexibility index (Phi) is 5.75. The van der Waals surface area contributed by atoms with Crippen molar-refractivity contribution in [2.24, 2.45) is 0 Å². The number of aromatic carboxylic acids is 1. The molecular weight excluding hydrogens is 316 g/mol. The molecule has 0 aromatic heterocycles. The first-order chi connectivity index (χ1) is 7.51. The average molecular weight is 320 g/mol. The summed E-state index contributed by atoms with van der Waals surface area (Å²) in [5.41, 5.74) is -0.852. The Balaban J connectivity index is 0.00000289. The molecule has 1 aromatic carbocycles. The minimum absolute atomic E-state index is 0. The number of carboxylic acid groups (broad SMARTS) is 1. The van der Waals surface area contributed by atoms with Gasteiger partial charge >= 0.3 is 37.7 Å². The van der Waals surface area contributed by atoms with Crippen LogP contribution in [-0.4, -0.2) is 69.6 Å². The molecule has 0 heterocycles. The van der Waals surface area contributed by atoms with Crippen LogP contribution in [0.2, 0.25) is 0 Å². The SMILES string of the molecule is O=C([O-])c1cc(S(=O)(=O)[O-])cc(S(=O)(=O)O)c1.[Ca+2]. The van der Waals surface area contributed by atoms with Gasteiger partial charge in [-0.3, -0.25) is 4.55 Å². The van der Waals surface area contributed by atoms with Crippen LogP contribution in [0.3, 0.4) is 0 Å². The summed E-state index contributed by atoms with van der Waals surface area (Å²) in [6.07, 6.45) is 0. The van der Waals surface area contributed by atoms with Crippen molar-refractivity contribution >= 4 is 63.9 Å². The van der Waals surface area contributed by atoms with Crippen molar-refractivity contribution in [2.45, 2.75) is 9.79 Å². The summed E-state index contributed by atoms with van der Waals surface area (Å²) in [7, 11) is -9.89. The maximum Gasteiger partial charge on any atom is 2.00 e. The molecule has 0 unspecified atom stereocenters. The zero-order chi connectivity index (χ0) is 13.4. The monoisotopic (exact) mass is 320 g/mol. The molecule has 18 heavy (non-hydrogen) atoms. The maximum atomic E-state index is 10.7. The summed E-state index contributed by atoms with van der Waals surface area (Å²) in [5.74, 6) is -1.89. The predicted octanol–water partition coefficient (Wildman–Crippen LogP) is -2.18. The van der Waals surface area contributed by atoms with Gasteiger partial charge in [-0.25, -0.2) is 8.42 Å². The molecule has 0 saturated heterocycles. The predicted molar refractivity (Wildman–Crippen MR) is 54.3 cm³/mol. The topological polar surface area (TPSA) is 152 Å². The molecule has 0 aliphatic carbocycles. The fourth-order valence-electron chi connectivity index (χ4n) is 0.983. The quantitative estimate of drug-likeness (QED) is 0.487. The van der Waals surface area contributed by atoms with E-state index in [1.54, 1.807) is 0 Å². The number of rotatable bonds is 3. The van der Waals surface area contributed by atoms with Crippen LogP contribution >= 0.6 is 0 Å². The summed E-state index contributed by atoms with van der Waals surface area (Å²) in [4.78, 5) is 8.36. The van der Waals surface area contributed by atoms with Crippen LogP contribution in [0.4, 0.5) is 0 Å². The number of carboxylic acids is 1. The second-order valence-corrected chi connectivity index (χ2v) is 5.71. The van der Waals surface area contributed by atoms with Gasteiger partial charge in [0.15, 0.2) is 0 Å². The van der Waals surface area contributed by atoms with Gasteiger partial charge in [-0.2, -0.15) is 8.42 Å². The number of hydrogen-bond donors (Lipinski definition) is 1. The smallest absolute Gasteiger partial charge is 0.744 e. The van der Waals surface area contributed by atoms with E-state index in [9.17, 15) is 31.3 Å². The van der Waals surface area contributed by atoms with Crippen LogP contribution in [-0.2, 0) is 20.2 Å². The minimum atomic E-state index is -5.06. The number of carbonyl (C=O) groups excluding carboxylic acids is 1. The molecule has 0 atom stereocenters. The summed E-state index contributed by atoms with van der Waals surface area (Å²) in [6, 6.07) is 1.26. The van der Waals surface area contributed by atoms with Crippen LogP contribution < -0.4 is 5.11 Å². The average Bonchev–Trinajstić information content (AvgIpc) is 2.14. The van der Waals surface area contributed by atoms with Crippen LogP contribution in [0.1, 0.15) is 10.4 Å². The largest absolute Gasteiger partial charge is 2.00 e. The van der Waals surface area contributed by atoms with Crippen molar-refractivity contribution in [1.29, 1.82) is 0 Å². The van der Waals surface area contributed by atoms with Crippen molar-refractivity contribution in [2.75, 3.05) is 0 Å². The van der Waals surface area contributed by atoms with Crippen molar-refractivity contribution in [3.05, 3.63) is 23.8 Å². The molecule has 1 rings (SSSR count). The van der Waals surface area contributed by atoms with Crippen LogP contribution in [0, 0.1) is 0 Å². The summed E-state index contributed by atoms with van der Waals surface area (Å²) in [6.45, 7) is 0. The van der Waals surface area contributed by atoms with Crippen molar-refractivity contribution in [3.8, 4) is 0 Å². The second-order valence-electron chi connectivity index (χ2n) is 2.91. The molecule has 0 aliphatic rings. The van der Waals surface area contributed by atoms with E-state index in [1.165, 1.54) is 0 Å². The van der Waals surface area contributed by atoms with E-state index in [2.05, 4.69) is 0 Å². The molecule has 0 saturated carbocycles. The van der Waals surface area contributed by atoms with E-state index in [0.717, 1.165) is 0 Å². The number of benzene rings is 1. The third-order valence-corrected chi connectivity index (χ3v) is 3.35. The molecule has 11 heteroatoms. The van der Waals surface area contributed by atoms with Gasteiger partial charge < -0.3 is 14.5 Å². The molecule has 0 bridgehead atoms. The number of hydrogen-bond acceptors (Lipinski definition) is 7. The Labute approximate surface area is 132 Å². The Bertz CT molecular complexity index is 625. The molecule has 1 N–H and O–H groups in total. The van der Waals surface area contributed by atoms with E-state index in [4.69, 9.17) is 4.55 Å².